The Kier molecular flexibility index (Phi) is 7.81. The first kappa shape index (κ1) is 32.5. The topological polar surface area (TPSA) is 141 Å². The van der Waals surface area contributed by atoms with Crippen molar-refractivity contribution >= 4 is 29.8 Å². The first-order valence-corrected chi connectivity index (χ1v) is 16.2. The lowest BCUT2D eigenvalue weighted by Crippen LogP contribution is -2.72. The molecule has 0 bridgehead atoms. The number of rotatable bonds is 5. The summed E-state index contributed by atoms with van der Waals surface area (Å²) < 4.78 is 36.6. The zero-order valence-corrected chi connectivity index (χ0v) is 27.8. The van der Waals surface area contributed by atoms with E-state index in [1.807, 2.05) is 27.7 Å². The Labute approximate surface area is 269 Å². The molecule has 0 aromatic carbocycles. The van der Waals surface area contributed by atoms with Gasteiger partial charge in [0.15, 0.2) is 0 Å². The third kappa shape index (κ3) is 4.51. The quantitative estimate of drug-likeness (QED) is 0.187. The molecule has 11 atom stereocenters. The minimum Gasteiger partial charge on any atom is -0.462 e. The average molecular weight is 641 g/mol. The molecule has 3 aliphatic carbocycles. The van der Waals surface area contributed by atoms with Crippen LogP contribution in [0.25, 0.3) is 0 Å². The van der Waals surface area contributed by atoms with Crippen LogP contribution in [0.5, 0.6) is 0 Å². The summed E-state index contributed by atoms with van der Waals surface area (Å²) in [5.41, 5.74) is -0.102. The molecule has 11 unspecified atom stereocenters. The smallest absolute Gasteiger partial charge is 0.334 e. The molecule has 0 aromatic rings. The van der Waals surface area contributed by atoms with Gasteiger partial charge in [0, 0.05) is 65.9 Å². The van der Waals surface area contributed by atoms with Crippen LogP contribution in [0.1, 0.15) is 74.7 Å². The van der Waals surface area contributed by atoms with Crippen LogP contribution in [-0.2, 0) is 52.4 Å². The van der Waals surface area contributed by atoms with Crippen molar-refractivity contribution in [2.24, 2.45) is 34.0 Å². The van der Waals surface area contributed by atoms with Crippen LogP contribution in [-0.4, -0.2) is 73.6 Å². The van der Waals surface area contributed by atoms with E-state index in [-0.39, 0.29) is 32.0 Å². The molecule has 2 saturated heterocycles. The SMILES string of the molecule is CC=C(C)C(=O)OC1C2OCC3(C)C(OC(C)=O)CC(OC(C)=O)C(C)(C23)C2CC(=O)OC3CC(C4=CCOC4=O)C(C)=C3C12C. The highest BCUT2D eigenvalue weighted by atomic mass is 16.6. The molecular weight excluding hydrogens is 596 g/mol. The second-order valence-electron chi connectivity index (χ2n) is 14.5. The molecule has 250 valence electrons. The van der Waals surface area contributed by atoms with Gasteiger partial charge in [-0.15, -0.1) is 0 Å². The van der Waals surface area contributed by atoms with Crippen LogP contribution >= 0.6 is 0 Å². The van der Waals surface area contributed by atoms with E-state index in [9.17, 15) is 24.0 Å². The first-order valence-electron chi connectivity index (χ1n) is 16.2. The average Bonchev–Trinajstić information content (AvgIpc) is 3.64. The summed E-state index contributed by atoms with van der Waals surface area (Å²) in [6.45, 7) is 14.5. The first-order chi connectivity index (χ1) is 21.6. The molecular formula is C35H44O11. The second-order valence-corrected chi connectivity index (χ2v) is 14.5. The van der Waals surface area contributed by atoms with E-state index >= 15 is 0 Å². The number of carbonyl (C=O) groups is 5. The largest absolute Gasteiger partial charge is 0.462 e. The van der Waals surface area contributed by atoms with Gasteiger partial charge >= 0.3 is 29.8 Å². The van der Waals surface area contributed by atoms with Crippen molar-refractivity contribution in [2.75, 3.05) is 13.2 Å². The van der Waals surface area contributed by atoms with Crippen LogP contribution in [0.4, 0.5) is 0 Å². The summed E-state index contributed by atoms with van der Waals surface area (Å²) in [6, 6.07) is 0. The van der Waals surface area contributed by atoms with Gasteiger partial charge in [0.05, 0.1) is 12.7 Å². The number of cyclic esters (lactones) is 1. The molecule has 2 saturated carbocycles. The standard InChI is InChI=1S/C35H44O11/c1-9-16(2)31(39)46-30-28-29-33(6,15-42-28)24(43-18(4)36)14-25(44-19(5)37)34(29,7)23-13-26(38)45-22-12-21(20-10-11-41-32(20)40)17(3)27(22)35(23,30)8/h9-10,21-25,28-30H,11-15H2,1-8H3. The molecule has 4 fully saturated rings. The predicted molar refractivity (Wildman–Crippen MR) is 160 cm³/mol. The van der Waals surface area contributed by atoms with Gasteiger partial charge in [-0.25, -0.2) is 9.59 Å². The summed E-state index contributed by atoms with van der Waals surface area (Å²) in [5, 5.41) is 0. The third-order valence-electron chi connectivity index (χ3n) is 12.2. The van der Waals surface area contributed by atoms with E-state index < -0.39 is 88.4 Å². The van der Waals surface area contributed by atoms with Gasteiger partial charge in [-0.3, -0.25) is 14.4 Å². The molecule has 46 heavy (non-hydrogen) atoms. The lowest BCUT2D eigenvalue weighted by molar-refractivity contribution is -0.257. The van der Waals surface area contributed by atoms with Crippen LogP contribution in [0.15, 0.2) is 34.4 Å². The van der Waals surface area contributed by atoms with Crippen molar-refractivity contribution in [2.45, 2.75) is 105 Å². The summed E-state index contributed by atoms with van der Waals surface area (Å²) in [6.07, 6.45) is 0.311. The van der Waals surface area contributed by atoms with Crippen LogP contribution in [0.3, 0.4) is 0 Å². The van der Waals surface area contributed by atoms with Crippen LogP contribution in [0, 0.1) is 34.0 Å². The van der Waals surface area contributed by atoms with Gasteiger partial charge in [0.2, 0.25) is 0 Å². The number of hydrogen-bond acceptors (Lipinski definition) is 11. The van der Waals surface area contributed by atoms with E-state index in [1.54, 1.807) is 26.0 Å². The van der Waals surface area contributed by atoms with Crippen LogP contribution in [0.2, 0.25) is 0 Å². The zero-order valence-electron chi connectivity index (χ0n) is 27.8. The fourth-order valence-electron chi connectivity index (χ4n) is 10.3. The Hall–Kier alpha value is -3.47. The van der Waals surface area contributed by atoms with Gasteiger partial charge in [-0.05, 0) is 44.8 Å². The van der Waals surface area contributed by atoms with Crippen LogP contribution < -0.4 is 0 Å². The predicted octanol–water partition coefficient (Wildman–Crippen LogP) is 3.93. The minimum absolute atomic E-state index is 0.0262. The van der Waals surface area contributed by atoms with E-state index in [2.05, 4.69) is 0 Å². The number of fused-ring (bicyclic) bond motifs is 4. The van der Waals surface area contributed by atoms with Gasteiger partial charge in [0.1, 0.15) is 31.0 Å². The summed E-state index contributed by atoms with van der Waals surface area (Å²) in [7, 11) is 0. The Morgan fingerprint density at radius 2 is 1.65 bits per heavy atom. The molecule has 11 heteroatoms. The number of allylic oxidation sites excluding steroid dienone is 2. The number of esters is 5. The highest BCUT2D eigenvalue weighted by Gasteiger charge is 2.78. The van der Waals surface area contributed by atoms with Crippen molar-refractivity contribution in [1.29, 1.82) is 0 Å². The Morgan fingerprint density at radius 3 is 2.26 bits per heavy atom. The zero-order chi connectivity index (χ0) is 33.5. The number of ether oxygens (including phenoxy) is 6. The summed E-state index contributed by atoms with van der Waals surface area (Å²) in [4.78, 5) is 65.3. The molecule has 0 amide bonds. The second kappa shape index (κ2) is 11.1. The highest BCUT2D eigenvalue weighted by molar-refractivity contribution is 5.92. The molecule has 6 aliphatic rings. The fourth-order valence-corrected chi connectivity index (χ4v) is 10.3. The molecule has 3 heterocycles. The number of carbonyl (C=O) groups excluding carboxylic acids is 5. The monoisotopic (exact) mass is 640 g/mol. The highest BCUT2D eigenvalue weighted by Crippen LogP contribution is 2.72. The normalized spacial score (nSPS) is 43.0. The van der Waals surface area contributed by atoms with E-state index in [0.29, 0.717) is 17.6 Å². The Morgan fingerprint density at radius 1 is 0.978 bits per heavy atom. The van der Waals surface area contributed by atoms with Gasteiger partial charge in [0.25, 0.3) is 0 Å². The van der Waals surface area contributed by atoms with Crippen molar-refractivity contribution in [3.05, 3.63) is 34.4 Å². The molecule has 0 radical (unpaired) electrons. The minimum atomic E-state index is -1.05. The fraction of sp³-hybridized carbons (Fsp3) is 0.686. The molecule has 3 aliphatic heterocycles. The van der Waals surface area contributed by atoms with Crippen molar-refractivity contribution in [3.63, 3.8) is 0 Å². The lowest BCUT2D eigenvalue weighted by atomic mass is 9.39. The van der Waals surface area contributed by atoms with Gasteiger partial charge < -0.3 is 28.4 Å². The van der Waals surface area contributed by atoms with E-state index in [0.717, 1.165) is 11.1 Å². The van der Waals surface area contributed by atoms with E-state index in [1.165, 1.54) is 13.8 Å². The summed E-state index contributed by atoms with van der Waals surface area (Å²) in [5.74, 6) is -3.65. The maximum Gasteiger partial charge on any atom is 0.334 e. The molecule has 0 spiro atoms. The molecule has 11 nitrogen and oxygen atoms in total. The third-order valence-corrected chi connectivity index (χ3v) is 12.2. The Bertz CT molecular complexity index is 1490. The maximum atomic E-state index is 13.8. The van der Waals surface area contributed by atoms with Crippen molar-refractivity contribution in [3.8, 4) is 0 Å². The molecule has 0 N–H and O–H groups in total. The molecule has 0 aromatic heterocycles. The number of hydrogen-bond donors (Lipinski definition) is 0. The van der Waals surface area contributed by atoms with Crippen molar-refractivity contribution < 1.29 is 52.4 Å². The summed E-state index contributed by atoms with van der Waals surface area (Å²) >= 11 is 0. The Balaban J connectivity index is 1.61. The maximum absolute atomic E-state index is 13.8. The lowest BCUT2D eigenvalue weighted by Gasteiger charge is -2.66. The van der Waals surface area contributed by atoms with Crippen molar-refractivity contribution in [1.82, 2.24) is 0 Å². The molecule has 6 rings (SSSR count). The van der Waals surface area contributed by atoms with Gasteiger partial charge in [-0.1, -0.05) is 32.4 Å². The van der Waals surface area contributed by atoms with Gasteiger partial charge in [-0.2, -0.15) is 0 Å². The van der Waals surface area contributed by atoms with E-state index in [4.69, 9.17) is 28.4 Å².